The van der Waals surface area contributed by atoms with Gasteiger partial charge in [-0.05, 0) is 84.1 Å². The lowest BCUT2D eigenvalue weighted by Gasteiger charge is -2.50. The van der Waals surface area contributed by atoms with Crippen molar-refractivity contribution in [1.29, 1.82) is 0 Å². The molecule has 6 nitrogen and oxygen atoms in total. The van der Waals surface area contributed by atoms with Crippen LogP contribution in [0.5, 0.6) is 0 Å². The predicted octanol–water partition coefficient (Wildman–Crippen LogP) is 4.23. The van der Waals surface area contributed by atoms with E-state index >= 15 is 0 Å². The number of hydrogen-bond donors (Lipinski definition) is 2. The smallest absolute Gasteiger partial charge is 0.305 e. The van der Waals surface area contributed by atoms with Crippen molar-refractivity contribution in [2.75, 3.05) is 6.54 Å². The average Bonchev–Trinajstić information content (AvgIpc) is 3.16. The summed E-state index contributed by atoms with van der Waals surface area (Å²) in [7, 11) is 0. The number of carbonyl (C=O) groups excluding carboxylic acids is 1. The maximum atomic E-state index is 12.4. The normalized spacial score (nSPS) is 28.2. The SMILES string of the molecule is C[C@]12CC[C@@H]3c4ccc(C(=O)NCCC(=O)O)cc4CC[C@H]3[C@@H]1CC=C2c1cncnc1. The standard InChI is InChI=1S/C26H29N3O3/c1-26-10-8-20-19-4-3-17(25(32)29-11-9-24(30)31)12-16(19)2-5-21(20)23(26)7-6-22(26)18-13-27-15-28-14-18/h3-4,6,12-15,20-21,23H,2,5,7-11H2,1H3,(H,29,32)(H,30,31)/t20-,21-,23+,26-/m1/s1. The Morgan fingerprint density at radius 1 is 1.22 bits per heavy atom. The average molecular weight is 432 g/mol. The fraction of sp³-hybridized carbons (Fsp3) is 0.462. The van der Waals surface area contributed by atoms with Crippen LogP contribution in [0.15, 0.2) is 43.0 Å². The molecular formula is C26H29N3O3. The van der Waals surface area contributed by atoms with Crippen molar-refractivity contribution in [2.45, 2.75) is 51.4 Å². The van der Waals surface area contributed by atoms with Gasteiger partial charge in [0, 0.05) is 30.1 Å². The third-order valence-corrected chi connectivity index (χ3v) is 8.07. The molecule has 2 N–H and O–H groups in total. The minimum atomic E-state index is -0.907. The van der Waals surface area contributed by atoms with Crippen molar-refractivity contribution in [1.82, 2.24) is 15.3 Å². The molecule has 1 amide bonds. The Morgan fingerprint density at radius 2 is 2.03 bits per heavy atom. The van der Waals surface area contributed by atoms with E-state index in [9.17, 15) is 9.59 Å². The molecule has 1 aromatic carbocycles. The quantitative estimate of drug-likeness (QED) is 0.739. The molecule has 166 valence electrons. The fourth-order valence-electron chi connectivity index (χ4n) is 6.56. The maximum Gasteiger partial charge on any atom is 0.305 e. The number of rotatable bonds is 5. The van der Waals surface area contributed by atoms with Gasteiger partial charge in [-0.25, -0.2) is 9.97 Å². The molecule has 4 atom stereocenters. The van der Waals surface area contributed by atoms with E-state index < -0.39 is 5.97 Å². The van der Waals surface area contributed by atoms with E-state index in [-0.39, 0.29) is 24.3 Å². The second kappa shape index (κ2) is 8.15. The zero-order chi connectivity index (χ0) is 22.3. The van der Waals surface area contributed by atoms with E-state index in [0.29, 0.717) is 23.3 Å². The number of hydrogen-bond acceptors (Lipinski definition) is 4. The van der Waals surface area contributed by atoms with Crippen LogP contribution in [0.25, 0.3) is 5.57 Å². The number of nitrogens with one attached hydrogen (secondary N) is 1. The molecule has 0 aliphatic heterocycles. The Balaban J connectivity index is 1.34. The van der Waals surface area contributed by atoms with Crippen LogP contribution >= 0.6 is 0 Å². The van der Waals surface area contributed by atoms with Crippen molar-refractivity contribution in [2.24, 2.45) is 17.3 Å². The number of aliphatic carboxylic acids is 1. The largest absolute Gasteiger partial charge is 0.481 e. The Bertz CT molecular complexity index is 1080. The van der Waals surface area contributed by atoms with Gasteiger partial charge in [-0.1, -0.05) is 19.1 Å². The third-order valence-electron chi connectivity index (χ3n) is 8.07. The highest BCUT2D eigenvalue weighted by Crippen LogP contribution is 2.62. The van der Waals surface area contributed by atoms with E-state index in [4.69, 9.17) is 5.11 Å². The monoisotopic (exact) mass is 431 g/mol. The van der Waals surface area contributed by atoms with Crippen molar-refractivity contribution < 1.29 is 14.7 Å². The zero-order valence-corrected chi connectivity index (χ0v) is 18.4. The minimum Gasteiger partial charge on any atom is -0.481 e. The molecule has 5 rings (SSSR count). The summed E-state index contributed by atoms with van der Waals surface area (Å²) >= 11 is 0. The summed E-state index contributed by atoms with van der Waals surface area (Å²) < 4.78 is 0. The number of nitrogens with zero attached hydrogens (tertiary/aromatic N) is 2. The fourth-order valence-corrected chi connectivity index (χ4v) is 6.56. The first-order chi connectivity index (χ1) is 15.5. The molecule has 0 saturated heterocycles. The first kappa shape index (κ1) is 20.9. The highest BCUT2D eigenvalue weighted by atomic mass is 16.4. The van der Waals surface area contributed by atoms with Gasteiger partial charge in [-0.2, -0.15) is 0 Å². The van der Waals surface area contributed by atoms with Gasteiger partial charge >= 0.3 is 5.97 Å². The summed E-state index contributed by atoms with van der Waals surface area (Å²) in [6.07, 6.45) is 13.4. The lowest BCUT2D eigenvalue weighted by atomic mass is 9.54. The number of benzene rings is 1. The van der Waals surface area contributed by atoms with Crippen LogP contribution < -0.4 is 5.32 Å². The molecule has 0 unspecified atom stereocenters. The third kappa shape index (κ3) is 3.51. The molecular weight excluding hydrogens is 402 g/mol. The van der Waals surface area contributed by atoms with Gasteiger partial charge in [-0.15, -0.1) is 0 Å². The van der Waals surface area contributed by atoms with Crippen LogP contribution in [0.4, 0.5) is 0 Å². The number of aromatic nitrogens is 2. The Morgan fingerprint density at radius 3 is 2.81 bits per heavy atom. The minimum absolute atomic E-state index is 0.0638. The van der Waals surface area contributed by atoms with Gasteiger partial charge in [0.25, 0.3) is 5.91 Å². The van der Waals surface area contributed by atoms with Crippen LogP contribution in [0, 0.1) is 17.3 Å². The van der Waals surface area contributed by atoms with Crippen LogP contribution in [-0.2, 0) is 11.2 Å². The van der Waals surface area contributed by atoms with Crippen molar-refractivity contribution in [3.8, 4) is 0 Å². The second-order valence-corrected chi connectivity index (χ2v) is 9.67. The first-order valence-electron chi connectivity index (χ1n) is 11.6. The summed E-state index contributed by atoms with van der Waals surface area (Å²) in [5.41, 5.74) is 6.06. The first-order valence-corrected chi connectivity index (χ1v) is 11.6. The van der Waals surface area contributed by atoms with E-state index in [2.05, 4.69) is 34.4 Å². The molecule has 1 aromatic heterocycles. The molecule has 1 heterocycles. The van der Waals surface area contributed by atoms with Crippen molar-refractivity contribution in [3.63, 3.8) is 0 Å². The number of allylic oxidation sites excluding steroid dienone is 2. The zero-order valence-electron chi connectivity index (χ0n) is 18.4. The molecule has 0 radical (unpaired) electrons. The number of fused-ring (bicyclic) bond motifs is 5. The van der Waals surface area contributed by atoms with E-state index in [0.717, 1.165) is 37.7 Å². The summed E-state index contributed by atoms with van der Waals surface area (Å²) in [6.45, 7) is 2.58. The lowest BCUT2D eigenvalue weighted by Crippen LogP contribution is -2.41. The predicted molar refractivity (Wildman–Crippen MR) is 121 cm³/mol. The summed E-state index contributed by atoms with van der Waals surface area (Å²) in [4.78, 5) is 31.6. The Hall–Kier alpha value is -3.02. The van der Waals surface area contributed by atoms with Gasteiger partial charge in [0.05, 0.1) is 6.42 Å². The summed E-state index contributed by atoms with van der Waals surface area (Å²) in [6, 6.07) is 6.08. The number of amides is 1. The topological polar surface area (TPSA) is 92.2 Å². The van der Waals surface area contributed by atoms with Crippen LogP contribution in [-0.4, -0.2) is 33.5 Å². The van der Waals surface area contributed by atoms with E-state index in [1.165, 1.54) is 16.7 Å². The number of carboxylic acids is 1. The highest BCUT2D eigenvalue weighted by molar-refractivity contribution is 5.94. The van der Waals surface area contributed by atoms with Gasteiger partial charge in [0.1, 0.15) is 6.33 Å². The van der Waals surface area contributed by atoms with Gasteiger partial charge in [0.2, 0.25) is 0 Å². The molecule has 1 saturated carbocycles. The second-order valence-electron chi connectivity index (χ2n) is 9.67. The Kier molecular flexibility index (Phi) is 5.31. The van der Waals surface area contributed by atoms with Gasteiger partial charge in [0.15, 0.2) is 0 Å². The highest BCUT2D eigenvalue weighted by Gasteiger charge is 2.51. The van der Waals surface area contributed by atoms with Gasteiger partial charge in [-0.3, -0.25) is 9.59 Å². The van der Waals surface area contributed by atoms with Crippen molar-refractivity contribution >= 4 is 17.4 Å². The molecule has 3 aliphatic rings. The molecule has 1 fully saturated rings. The van der Waals surface area contributed by atoms with Crippen LogP contribution in [0.3, 0.4) is 0 Å². The van der Waals surface area contributed by atoms with Gasteiger partial charge < -0.3 is 10.4 Å². The molecule has 3 aliphatic carbocycles. The molecule has 6 heteroatoms. The molecule has 32 heavy (non-hydrogen) atoms. The van der Waals surface area contributed by atoms with Crippen LogP contribution in [0.2, 0.25) is 0 Å². The van der Waals surface area contributed by atoms with E-state index in [1.54, 1.807) is 6.33 Å². The lowest BCUT2D eigenvalue weighted by molar-refractivity contribution is -0.136. The number of carbonyl (C=O) groups is 2. The summed E-state index contributed by atoms with van der Waals surface area (Å²) in [5, 5.41) is 11.5. The molecule has 2 aromatic rings. The Labute approximate surface area is 188 Å². The number of aryl methyl sites for hydroxylation is 1. The summed E-state index contributed by atoms with van der Waals surface area (Å²) in [5.74, 6) is 0.719. The maximum absolute atomic E-state index is 12.4. The molecule has 0 spiro atoms. The van der Waals surface area contributed by atoms with Crippen LogP contribution in [0.1, 0.15) is 72.0 Å². The van der Waals surface area contributed by atoms with E-state index in [1.807, 2.05) is 24.5 Å². The number of carboxylic acid groups (broad SMARTS) is 1. The van der Waals surface area contributed by atoms with Crippen molar-refractivity contribution in [3.05, 3.63) is 65.2 Å². The molecule has 0 bridgehead atoms.